The molecule has 2 nitrogen and oxygen atoms in total. The fourth-order valence-corrected chi connectivity index (χ4v) is 2.25. The maximum absolute atomic E-state index is 4.38. The maximum atomic E-state index is 4.38. The summed E-state index contributed by atoms with van der Waals surface area (Å²) < 4.78 is 0. The van der Waals surface area contributed by atoms with Gasteiger partial charge in [0.25, 0.3) is 0 Å². The summed E-state index contributed by atoms with van der Waals surface area (Å²) in [4.78, 5) is 8.08. The Morgan fingerprint density at radius 3 is 3.09 bits per heavy atom. The van der Waals surface area contributed by atoms with Gasteiger partial charge in [-0.25, -0.2) is 0 Å². The van der Waals surface area contributed by atoms with E-state index in [2.05, 4.69) is 29.9 Å². The molecular formula is C8H12N2S. The van der Waals surface area contributed by atoms with Gasteiger partial charge in [-0.05, 0) is 5.92 Å². The predicted molar refractivity (Wildman–Crippen MR) is 49.5 cm³/mol. The van der Waals surface area contributed by atoms with Crippen molar-refractivity contribution in [1.82, 2.24) is 4.90 Å². The van der Waals surface area contributed by atoms with Crippen molar-refractivity contribution >= 4 is 16.9 Å². The topological polar surface area (TPSA) is 15.6 Å². The molecular weight excluding hydrogens is 156 g/mol. The Kier molecular flexibility index (Phi) is 1.68. The van der Waals surface area contributed by atoms with Crippen molar-refractivity contribution in [1.29, 1.82) is 0 Å². The van der Waals surface area contributed by atoms with Crippen molar-refractivity contribution in [3.8, 4) is 0 Å². The van der Waals surface area contributed by atoms with E-state index in [4.69, 9.17) is 0 Å². The van der Waals surface area contributed by atoms with Crippen molar-refractivity contribution in [2.24, 2.45) is 10.9 Å². The molecule has 0 unspecified atom stereocenters. The number of thioether (sulfide) groups is 1. The molecule has 0 saturated carbocycles. The number of rotatable bonds is 1. The monoisotopic (exact) mass is 168 g/mol. The van der Waals surface area contributed by atoms with Gasteiger partial charge in [-0.15, -0.1) is 0 Å². The van der Waals surface area contributed by atoms with Crippen LogP contribution in [-0.4, -0.2) is 23.2 Å². The van der Waals surface area contributed by atoms with Gasteiger partial charge < -0.3 is 4.90 Å². The normalized spacial score (nSPS) is 22.3. The molecule has 0 aliphatic carbocycles. The number of aliphatic imine (C=N–C) groups is 1. The number of fused-ring (bicyclic) bond motifs is 1. The highest BCUT2D eigenvalue weighted by Crippen LogP contribution is 2.34. The van der Waals surface area contributed by atoms with Crippen LogP contribution in [0.4, 0.5) is 0 Å². The lowest BCUT2D eigenvalue weighted by Crippen LogP contribution is -2.14. The fourth-order valence-electron chi connectivity index (χ4n) is 1.20. The van der Waals surface area contributed by atoms with Crippen LogP contribution < -0.4 is 0 Å². The van der Waals surface area contributed by atoms with E-state index in [-0.39, 0.29) is 0 Å². The van der Waals surface area contributed by atoms with Crippen molar-refractivity contribution in [2.75, 3.05) is 13.1 Å². The van der Waals surface area contributed by atoms with Gasteiger partial charge >= 0.3 is 0 Å². The van der Waals surface area contributed by atoms with Gasteiger partial charge in [-0.1, -0.05) is 25.6 Å². The molecule has 0 aromatic carbocycles. The van der Waals surface area contributed by atoms with Crippen LogP contribution in [0.3, 0.4) is 0 Å². The van der Waals surface area contributed by atoms with Crippen LogP contribution in [0.15, 0.2) is 16.1 Å². The standard InChI is InChI=1S/C8H12N2S/c1-6(2)7-5-10-4-3-9-8(10)11-7/h5-6H,3-4H2,1-2H3. The minimum absolute atomic E-state index is 0.647. The third kappa shape index (κ3) is 1.18. The lowest BCUT2D eigenvalue weighted by molar-refractivity contribution is 0.614. The van der Waals surface area contributed by atoms with E-state index in [0.29, 0.717) is 5.92 Å². The first-order chi connectivity index (χ1) is 5.27. The molecule has 11 heavy (non-hydrogen) atoms. The molecule has 0 N–H and O–H groups in total. The molecule has 2 aliphatic rings. The van der Waals surface area contributed by atoms with Gasteiger partial charge in [-0.2, -0.15) is 0 Å². The largest absolute Gasteiger partial charge is 0.325 e. The molecule has 0 aromatic heterocycles. The quantitative estimate of drug-likeness (QED) is 0.594. The van der Waals surface area contributed by atoms with E-state index in [0.717, 1.165) is 13.1 Å². The molecule has 0 amide bonds. The van der Waals surface area contributed by atoms with Gasteiger partial charge in [0.05, 0.1) is 6.54 Å². The molecule has 2 rings (SSSR count). The zero-order valence-corrected chi connectivity index (χ0v) is 7.69. The second kappa shape index (κ2) is 2.55. The summed E-state index contributed by atoms with van der Waals surface area (Å²) in [5.74, 6) is 0.647. The van der Waals surface area contributed by atoms with E-state index in [9.17, 15) is 0 Å². The maximum Gasteiger partial charge on any atom is 0.168 e. The van der Waals surface area contributed by atoms with Crippen LogP contribution in [0.5, 0.6) is 0 Å². The van der Waals surface area contributed by atoms with Gasteiger partial charge in [0.15, 0.2) is 5.17 Å². The number of nitrogens with zero attached hydrogens (tertiary/aromatic N) is 2. The lowest BCUT2D eigenvalue weighted by atomic mass is 10.2. The number of hydrogen-bond acceptors (Lipinski definition) is 3. The third-order valence-corrected chi connectivity index (χ3v) is 3.25. The Morgan fingerprint density at radius 1 is 1.64 bits per heavy atom. The number of hydrogen-bond donors (Lipinski definition) is 0. The second-order valence-electron chi connectivity index (χ2n) is 3.15. The molecule has 0 radical (unpaired) electrons. The molecule has 0 aromatic rings. The van der Waals surface area contributed by atoms with Crippen LogP contribution in [0.2, 0.25) is 0 Å². The summed E-state index contributed by atoms with van der Waals surface area (Å²) in [6, 6.07) is 0. The van der Waals surface area contributed by atoms with Gasteiger partial charge in [0, 0.05) is 17.6 Å². The minimum Gasteiger partial charge on any atom is -0.325 e. The van der Waals surface area contributed by atoms with Crippen LogP contribution in [-0.2, 0) is 0 Å². The summed E-state index contributed by atoms with van der Waals surface area (Å²) in [5, 5.41) is 1.20. The zero-order valence-electron chi connectivity index (χ0n) is 6.87. The Labute approximate surface area is 71.4 Å². The van der Waals surface area contributed by atoms with E-state index >= 15 is 0 Å². The van der Waals surface area contributed by atoms with E-state index < -0.39 is 0 Å². The minimum atomic E-state index is 0.647. The summed E-state index contributed by atoms with van der Waals surface area (Å²) in [6.45, 7) is 6.51. The average Bonchev–Trinajstić information content (AvgIpc) is 2.40. The highest BCUT2D eigenvalue weighted by molar-refractivity contribution is 8.17. The van der Waals surface area contributed by atoms with Crippen LogP contribution in [0.25, 0.3) is 0 Å². The Morgan fingerprint density at radius 2 is 2.45 bits per heavy atom. The summed E-state index contributed by atoms with van der Waals surface area (Å²) in [6.07, 6.45) is 2.24. The van der Waals surface area contributed by atoms with Crippen molar-refractivity contribution < 1.29 is 0 Å². The Balaban J connectivity index is 2.15. The number of amidine groups is 1. The average molecular weight is 168 g/mol. The van der Waals surface area contributed by atoms with Crippen LogP contribution in [0, 0.1) is 5.92 Å². The number of allylic oxidation sites excluding steroid dienone is 1. The smallest absolute Gasteiger partial charge is 0.168 e. The summed E-state index contributed by atoms with van der Waals surface area (Å²) in [7, 11) is 0. The van der Waals surface area contributed by atoms with Crippen LogP contribution >= 0.6 is 11.8 Å². The van der Waals surface area contributed by atoms with E-state index in [1.165, 1.54) is 10.1 Å². The molecule has 60 valence electrons. The predicted octanol–water partition coefficient (Wildman–Crippen LogP) is 1.90. The highest BCUT2D eigenvalue weighted by atomic mass is 32.2. The van der Waals surface area contributed by atoms with Crippen LogP contribution in [0.1, 0.15) is 13.8 Å². The third-order valence-electron chi connectivity index (χ3n) is 1.89. The summed E-state index contributed by atoms with van der Waals surface area (Å²) >= 11 is 1.83. The SMILES string of the molecule is CC(C)C1=CN2CCN=C2S1. The fraction of sp³-hybridized carbons (Fsp3) is 0.625. The van der Waals surface area contributed by atoms with E-state index in [1.807, 2.05) is 11.8 Å². The zero-order chi connectivity index (χ0) is 7.84. The molecule has 0 atom stereocenters. The Hall–Kier alpha value is -0.440. The molecule has 2 heterocycles. The first-order valence-electron chi connectivity index (χ1n) is 3.98. The molecule has 2 aliphatic heterocycles. The van der Waals surface area contributed by atoms with Gasteiger partial charge in [-0.3, -0.25) is 4.99 Å². The van der Waals surface area contributed by atoms with Crippen molar-refractivity contribution in [2.45, 2.75) is 13.8 Å². The summed E-state index contributed by atoms with van der Waals surface area (Å²) in [5.41, 5.74) is 0. The molecule has 3 heteroatoms. The lowest BCUT2D eigenvalue weighted by Gasteiger charge is -2.04. The van der Waals surface area contributed by atoms with Crippen molar-refractivity contribution in [3.05, 3.63) is 11.1 Å². The highest BCUT2D eigenvalue weighted by Gasteiger charge is 2.25. The van der Waals surface area contributed by atoms with Gasteiger partial charge in [0.2, 0.25) is 0 Å². The van der Waals surface area contributed by atoms with Gasteiger partial charge in [0.1, 0.15) is 0 Å². The molecule has 0 bridgehead atoms. The molecule has 0 fully saturated rings. The first-order valence-corrected chi connectivity index (χ1v) is 4.79. The second-order valence-corrected chi connectivity index (χ2v) is 4.19. The first kappa shape index (κ1) is 7.22. The molecule has 0 spiro atoms. The van der Waals surface area contributed by atoms with E-state index in [1.54, 1.807) is 0 Å². The Bertz CT molecular complexity index is 230. The van der Waals surface area contributed by atoms with Crippen molar-refractivity contribution in [3.63, 3.8) is 0 Å². The molecule has 0 saturated heterocycles.